The molecule has 4 aliphatic carbocycles. The molecule has 3 heteroatoms. The van der Waals surface area contributed by atoms with Gasteiger partial charge in [0.15, 0.2) is 0 Å². The smallest absolute Gasteiger partial charge is 0.252 e. The van der Waals surface area contributed by atoms with Gasteiger partial charge in [0.25, 0.3) is 6.71 Å². The van der Waals surface area contributed by atoms with Crippen LogP contribution in [-0.4, -0.2) is 6.71 Å². The largest absolute Gasteiger partial charge is 0.311 e. The van der Waals surface area contributed by atoms with Crippen molar-refractivity contribution in [1.29, 1.82) is 0 Å². The van der Waals surface area contributed by atoms with Crippen LogP contribution in [0.15, 0.2) is 164 Å². The van der Waals surface area contributed by atoms with Crippen LogP contribution in [0.5, 0.6) is 0 Å². The highest BCUT2D eigenvalue weighted by Gasteiger charge is 2.51. The van der Waals surface area contributed by atoms with Crippen molar-refractivity contribution in [1.82, 2.24) is 0 Å². The number of fused-ring (bicyclic) bond motifs is 12. The van der Waals surface area contributed by atoms with Gasteiger partial charge < -0.3 is 9.80 Å². The maximum Gasteiger partial charge on any atom is 0.252 e. The average molecular weight is 1070 g/mol. The molecule has 0 N–H and O–H groups in total. The second kappa shape index (κ2) is 16.5. The van der Waals surface area contributed by atoms with Crippen molar-refractivity contribution < 1.29 is 0 Å². The molecular weight excluding hydrogens is 988 g/mol. The minimum absolute atomic E-state index is 0.0157. The molecule has 408 valence electrons. The number of hydrogen-bond donors (Lipinski definition) is 0. The highest BCUT2D eigenvalue weighted by atomic mass is 15.2. The van der Waals surface area contributed by atoms with Crippen molar-refractivity contribution in [2.24, 2.45) is 0 Å². The molecule has 0 radical (unpaired) electrons. The van der Waals surface area contributed by atoms with E-state index in [0.29, 0.717) is 0 Å². The molecule has 82 heavy (non-hydrogen) atoms. The van der Waals surface area contributed by atoms with Gasteiger partial charge in [0.1, 0.15) is 0 Å². The summed E-state index contributed by atoms with van der Waals surface area (Å²) in [6.07, 6.45) is 2.33. The van der Waals surface area contributed by atoms with E-state index >= 15 is 0 Å². The molecule has 2 nitrogen and oxygen atoms in total. The van der Waals surface area contributed by atoms with Gasteiger partial charge in [-0.2, -0.15) is 0 Å². The number of anilines is 6. The second-order valence-corrected chi connectivity index (χ2v) is 29.7. The molecule has 0 aromatic heterocycles. The second-order valence-electron chi connectivity index (χ2n) is 29.7. The van der Waals surface area contributed by atoms with Crippen molar-refractivity contribution in [3.8, 4) is 22.3 Å². The Hall–Kier alpha value is -7.36. The van der Waals surface area contributed by atoms with Gasteiger partial charge in [-0.1, -0.05) is 218 Å². The highest BCUT2D eigenvalue weighted by molar-refractivity contribution is 7.00. The normalized spacial score (nSPS) is 19.2. The summed E-state index contributed by atoms with van der Waals surface area (Å²) in [5.74, 6) is 0. The molecule has 9 aromatic rings. The molecule has 0 atom stereocenters. The lowest BCUT2D eigenvalue weighted by atomic mass is 9.32. The Morgan fingerprint density at radius 2 is 0.732 bits per heavy atom. The topological polar surface area (TPSA) is 6.48 Å². The van der Waals surface area contributed by atoms with Crippen LogP contribution in [0, 0.1) is 13.8 Å². The number of rotatable bonds is 3. The van der Waals surface area contributed by atoms with E-state index in [1.807, 2.05) is 0 Å². The minimum atomic E-state index is -0.258. The fourth-order valence-electron chi connectivity index (χ4n) is 17.3. The Morgan fingerprint density at radius 3 is 1.33 bits per heavy atom. The maximum atomic E-state index is 2.76. The number of nitrogens with zero attached hydrogens (tertiary/aromatic N) is 2. The van der Waals surface area contributed by atoms with Crippen LogP contribution in [-0.2, 0) is 37.9 Å². The Morgan fingerprint density at radius 1 is 0.305 bits per heavy atom. The monoisotopic (exact) mass is 1070 g/mol. The Labute approximate surface area is 489 Å². The molecule has 2 heterocycles. The van der Waals surface area contributed by atoms with Crippen LogP contribution in [0.25, 0.3) is 22.3 Å². The van der Waals surface area contributed by atoms with Crippen molar-refractivity contribution >= 4 is 57.2 Å². The van der Waals surface area contributed by atoms with Gasteiger partial charge in [-0.15, -0.1) is 0 Å². The third kappa shape index (κ3) is 6.66. The van der Waals surface area contributed by atoms with Crippen LogP contribution in [0.1, 0.15) is 188 Å². The zero-order valence-electron chi connectivity index (χ0n) is 51.5. The van der Waals surface area contributed by atoms with Gasteiger partial charge in [-0.25, -0.2) is 0 Å². The Balaban J connectivity index is 1.11. The molecule has 0 spiro atoms. The SMILES string of the molecule is Cc1ccccc1-c1cc2c3c(c1)N(c1cc4c(cc1C)C(C)(C)CCC4(C)C)c1cc4c(cc1B3c1cc3c(cc1N2c1ccc2c(c1)C(C)(C)c1ccccc1C2(C)C)C(C)(C)c1ccccc1C3(C)C)-c1ccccc1C4(C)C. The lowest BCUT2D eigenvalue weighted by Gasteiger charge is -2.49. The zero-order chi connectivity index (χ0) is 57.3. The van der Waals surface area contributed by atoms with E-state index in [0.717, 1.165) is 6.42 Å². The van der Waals surface area contributed by atoms with Crippen molar-refractivity contribution in [2.45, 2.75) is 162 Å². The first kappa shape index (κ1) is 51.5. The van der Waals surface area contributed by atoms with Crippen molar-refractivity contribution in [3.63, 3.8) is 0 Å². The van der Waals surface area contributed by atoms with E-state index in [9.17, 15) is 0 Å². The van der Waals surface area contributed by atoms with Crippen molar-refractivity contribution in [2.75, 3.05) is 9.80 Å². The van der Waals surface area contributed by atoms with Crippen molar-refractivity contribution in [3.05, 3.63) is 242 Å². The number of hydrogen-bond acceptors (Lipinski definition) is 2. The number of benzene rings is 9. The van der Waals surface area contributed by atoms with E-state index in [-0.39, 0.29) is 44.6 Å². The minimum Gasteiger partial charge on any atom is -0.311 e. The van der Waals surface area contributed by atoms with E-state index in [1.165, 1.54) is 157 Å². The van der Waals surface area contributed by atoms with Gasteiger partial charge >= 0.3 is 0 Å². The predicted molar refractivity (Wildman–Crippen MR) is 350 cm³/mol. The Kier molecular flexibility index (Phi) is 10.3. The summed E-state index contributed by atoms with van der Waals surface area (Å²) >= 11 is 0. The van der Waals surface area contributed by atoms with E-state index in [4.69, 9.17) is 0 Å². The first-order chi connectivity index (χ1) is 38.8. The quantitative estimate of drug-likeness (QED) is 0.163. The van der Waals surface area contributed by atoms with Gasteiger partial charge in [-0.05, 0) is 197 Å². The standard InChI is InChI=1S/C79H79BN2/c1-46-25-17-18-26-50(46)48-38-70-72-71(39-48)82(67-44-61-60(37-47(67)2)73(3,4)35-36-74(61,5)6)69-43-59-52(51-27-19-20-28-53(51)75(59,7)8)41-65(69)80(72)66-42-63-64(79(15,16)57-32-24-23-31-56(57)78(63,13)14)45-68(66)81(70)49-33-34-58-62(40-49)77(11,12)55-30-22-21-29-54(55)76(58,9)10/h17-34,37-45H,35-36H2,1-16H3. The summed E-state index contributed by atoms with van der Waals surface area (Å²) < 4.78 is 0. The molecule has 0 amide bonds. The van der Waals surface area contributed by atoms with E-state index in [2.05, 4.69) is 284 Å². The zero-order valence-corrected chi connectivity index (χ0v) is 51.5. The maximum absolute atomic E-state index is 2.76. The summed E-state index contributed by atoms with van der Waals surface area (Å²) in [7, 11) is 0. The first-order valence-corrected chi connectivity index (χ1v) is 30.6. The highest BCUT2D eigenvalue weighted by Crippen LogP contribution is 2.58. The molecule has 9 aromatic carbocycles. The lowest BCUT2D eigenvalue weighted by Crippen LogP contribution is -2.62. The van der Waals surface area contributed by atoms with Gasteiger partial charge in [-0.3, -0.25) is 0 Å². The molecule has 15 rings (SSSR count). The Bertz CT molecular complexity index is 4300. The summed E-state index contributed by atoms with van der Waals surface area (Å²) in [4.78, 5) is 5.50. The third-order valence-electron chi connectivity index (χ3n) is 22.3. The molecule has 0 saturated heterocycles. The summed E-state index contributed by atoms with van der Waals surface area (Å²) in [5, 5.41) is 0. The molecular formula is C79H79BN2. The summed E-state index contributed by atoms with van der Waals surface area (Å²) in [5.41, 5.74) is 35.6. The van der Waals surface area contributed by atoms with Crippen LogP contribution in [0.2, 0.25) is 0 Å². The molecule has 6 aliphatic rings. The first-order valence-electron chi connectivity index (χ1n) is 30.6. The fourth-order valence-corrected chi connectivity index (χ4v) is 17.3. The van der Waals surface area contributed by atoms with Crippen LogP contribution in [0.3, 0.4) is 0 Å². The third-order valence-corrected chi connectivity index (χ3v) is 22.3. The van der Waals surface area contributed by atoms with Crippen LogP contribution >= 0.6 is 0 Å². The fraction of sp³-hybridized carbons (Fsp3) is 0.316. The van der Waals surface area contributed by atoms with E-state index < -0.39 is 0 Å². The molecule has 0 bridgehead atoms. The lowest BCUT2D eigenvalue weighted by molar-refractivity contribution is 0.332. The van der Waals surface area contributed by atoms with E-state index in [1.54, 1.807) is 0 Å². The molecule has 0 saturated carbocycles. The van der Waals surface area contributed by atoms with Gasteiger partial charge in [0, 0.05) is 61.2 Å². The summed E-state index contributed by atoms with van der Waals surface area (Å²) in [6, 6.07) is 65.6. The van der Waals surface area contributed by atoms with Crippen LogP contribution in [0.4, 0.5) is 34.1 Å². The predicted octanol–water partition coefficient (Wildman–Crippen LogP) is 18.6. The molecule has 0 unspecified atom stereocenters. The number of aryl methyl sites for hydroxylation is 2. The molecule has 0 fully saturated rings. The van der Waals surface area contributed by atoms with Gasteiger partial charge in [0.2, 0.25) is 0 Å². The molecule has 2 aliphatic heterocycles. The average Bonchev–Trinajstić information content (AvgIpc) is 1.56. The summed E-state index contributed by atoms with van der Waals surface area (Å²) in [6.45, 7) is 39.1. The van der Waals surface area contributed by atoms with Gasteiger partial charge in [0.05, 0.1) is 0 Å². The van der Waals surface area contributed by atoms with Crippen LogP contribution < -0.4 is 26.2 Å².